The summed E-state index contributed by atoms with van der Waals surface area (Å²) in [6.07, 6.45) is 1.02. The van der Waals surface area contributed by atoms with Gasteiger partial charge >= 0.3 is 0 Å². The van der Waals surface area contributed by atoms with Crippen molar-refractivity contribution < 1.29 is 13.5 Å². The van der Waals surface area contributed by atoms with Crippen LogP contribution in [0.4, 0.5) is 0 Å². The van der Waals surface area contributed by atoms with E-state index in [0.717, 1.165) is 19.5 Å². The molecular weight excluding hydrogens is 296 g/mol. The Balaban J connectivity index is 1.94. The standard InChI is InChI=1S/C13H22N2O3S2/c1-10(2)15-5-3-11(8-15)7-14-20(17,18)13-4-6-19-12(13)9-16/h4,6,10-11,14,16H,3,5,7-9H2,1-2H3. The second-order valence-electron chi connectivity index (χ2n) is 5.46. The normalized spacial score (nSPS) is 20.9. The fourth-order valence-corrected chi connectivity index (χ4v) is 4.90. The van der Waals surface area contributed by atoms with E-state index in [1.54, 1.807) is 11.4 Å². The second kappa shape index (κ2) is 6.53. The number of aliphatic hydroxyl groups excluding tert-OH is 1. The molecule has 2 N–H and O–H groups in total. The Morgan fingerprint density at radius 1 is 1.55 bits per heavy atom. The first-order chi connectivity index (χ1) is 9.44. The molecule has 1 aliphatic heterocycles. The van der Waals surface area contributed by atoms with Crippen LogP contribution in [0.15, 0.2) is 16.3 Å². The first-order valence-electron chi connectivity index (χ1n) is 6.85. The van der Waals surface area contributed by atoms with Crippen molar-refractivity contribution in [3.8, 4) is 0 Å². The van der Waals surface area contributed by atoms with Crippen molar-refractivity contribution in [3.05, 3.63) is 16.3 Å². The van der Waals surface area contributed by atoms with Crippen molar-refractivity contribution >= 4 is 21.4 Å². The zero-order valence-corrected chi connectivity index (χ0v) is 13.5. The van der Waals surface area contributed by atoms with Gasteiger partial charge in [-0.05, 0) is 44.2 Å². The quantitative estimate of drug-likeness (QED) is 0.828. The molecule has 0 saturated carbocycles. The fourth-order valence-electron chi connectivity index (χ4n) is 2.49. The summed E-state index contributed by atoms with van der Waals surface area (Å²) in [4.78, 5) is 3.07. The Labute approximate surface area is 124 Å². The molecule has 0 amide bonds. The Kier molecular flexibility index (Phi) is 5.19. The van der Waals surface area contributed by atoms with Crippen molar-refractivity contribution in [2.24, 2.45) is 5.92 Å². The first-order valence-corrected chi connectivity index (χ1v) is 9.21. The van der Waals surface area contributed by atoms with Crippen LogP contribution in [-0.4, -0.2) is 44.1 Å². The van der Waals surface area contributed by atoms with Gasteiger partial charge in [-0.25, -0.2) is 13.1 Å². The Hall–Kier alpha value is -0.470. The molecule has 1 unspecified atom stereocenters. The van der Waals surface area contributed by atoms with Crippen LogP contribution in [0.3, 0.4) is 0 Å². The lowest BCUT2D eigenvalue weighted by Gasteiger charge is -2.20. The predicted octanol–water partition coefficient (Wildman–Crippen LogP) is 1.25. The van der Waals surface area contributed by atoms with Crippen LogP contribution in [0, 0.1) is 5.92 Å². The summed E-state index contributed by atoms with van der Waals surface area (Å²) < 4.78 is 27.1. The molecule has 0 bridgehead atoms. The van der Waals surface area contributed by atoms with Crippen molar-refractivity contribution in [3.63, 3.8) is 0 Å². The maximum Gasteiger partial charge on any atom is 0.241 e. The monoisotopic (exact) mass is 318 g/mol. The van der Waals surface area contributed by atoms with Crippen molar-refractivity contribution in [1.82, 2.24) is 9.62 Å². The molecular formula is C13H22N2O3S2. The van der Waals surface area contributed by atoms with E-state index in [0.29, 0.717) is 23.4 Å². The highest BCUT2D eigenvalue weighted by Gasteiger charge is 2.26. The molecule has 2 heterocycles. The second-order valence-corrected chi connectivity index (χ2v) is 8.20. The molecule has 0 aliphatic carbocycles. The molecule has 2 rings (SSSR count). The lowest BCUT2D eigenvalue weighted by atomic mass is 10.1. The number of nitrogens with zero attached hydrogens (tertiary/aromatic N) is 1. The Morgan fingerprint density at radius 2 is 2.30 bits per heavy atom. The van der Waals surface area contributed by atoms with Crippen LogP contribution in [0.25, 0.3) is 0 Å². The predicted molar refractivity (Wildman–Crippen MR) is 80.2 cm³/mol. The minimum Gasteiger partial charge on any atom is -0.391 e. The molecule has 7 heteroatoms. The summed E-state index contributed by atoms with van der Waals surface area (Å²) in [7, 11) is -3.50. The van der Waals surface area contributed by atoms with Gasteiger partial charge in [-0.3, -0.25) is 0 Å². The van der Waals surface area contributed by atoms with E-state index in [2.05, 4.69) is 23.5 Å². The molecule has 0 aromatic carbocycles. The highest BCUT2D eigenvalue weighted by atomic mass is 32.2. The van der Waals surface area contributed by atoms with Crippen molar-refractivity contribution in [2.45, 2.75) is 37.8 Å². The molecule has 0 radical (unpaired) electrons. The molecule has 1 fully saturated rings. The SMILES string of the molecule is CC(C)N1CCC(CNS(=O)(=O)c2ccsc2CO)C1. The summed E-state index contributed by atoms with van der Waals surface area (Å²) in [5.41, 5.74) is 0. The zero-order valence-electron chi connectivity index (χ0n) is 11.9. The van der Waals surface area contributed by atoms with Gasteiger partial charge < -0.3 is 10.0 Å². The minimum atomic E-state index is -3.50. The molecule has 1 aromatic heterocycles. The topological polar surface area (TPSA) is 69.6 Å². The summed E-state index contributed by atoms with van der Waals surface area (Å²) in [6.45, 7) is 6.52. The number of hydrogen-bond acceptors (Lipinski definition) is 5. The van der Waals surface area contributed by atoms with Crippen LogP contribution in [0.2, 0.25) is 0 Å². The number of sulfonamides is 1. The molecule has 1 aromatic rings. The minimum absolute atomic E-state index is 0.212. The number of aliphatic hydroxyl groups is 1. The van der Waals surface area contributed by atoms with Gasteiger partial charge in [0.25, 0.3) is 0 Å². The number of nitrogens with one attached hydrogen (secondary N) is 1. The van der Waals surface area contributed by atoms with Gasteiger partial charge in [-0.1, -0.05) is 0 Å². The number of thiophene rings is 1. The van der Waals surface area contributed by atoms with Gasteiger partial charge in [0.05, 0.1) is 11.5 Å². The molecule has 20 heavy (non-hydrogen) atoms. The molecule has 5 nitrogen and oxygen atoms in total. The van der Waals surface area contributed by atoms with Gasteiger partial charge in [0, 0.05) is 24.0 Å². The average molecular weight is 318 g/mol. The van der Waals surface area contributed by atoms with E-state index in [9.17, 15) is 8.42 Å². The average Bonchev–Trinajstić information content (AvgIpc) is 3.05. The maximum absolute atomic E-state index is 12.2. The van der Waals surface area contributed by atoms with Crippen LogP contribution in [0.1, 0.15) is 25.1 Å². The zero-order chi connectivity index (χ0) is 14.8. The molecule has 1 atom stereocenters. The van der Waals surface area contributed by atoms with Gasteiger partial charge in [0.1, 0.15) is 0 Å². The third kappa shape index (κ3) is 3.59. The van der Waals surface area contributed by atoms with Gasteiger partial charge in [0.15, 0.2) is 0 Å². The molecule has 1 aliphatic rings. The molecule has 0 spiro atoms. The third-order valence-electron chi connectivity index (χ3n) is 3.75. The molecule has 114 valence electrons. The van der Waals surface area contributed by atoms with E-state index < -0.39 is 10.0 Å². The maximum atomic E-state index is 12.2. The summed E-state index contributed by atoms with van der Waals surface area (Å²) in [6, 6.07) is 2.06. The van der Waals surface area contributed by atoms with E-state index >= 15 is 0 Å². The summed E-state index contributed by atoms with van der Waals surface area (Å²) in [5, 5.41) is 10.8. The Morgan fingerprint density at radius 3 is 2.90 bits per heavy atom. The smallest absolute Gasteiger partial charge is 0.241 e. The first kappa shape index (κ1) is 15.9. The Bertz CT molecular complexity index is 540. The van der Waals surface area contributed by atoms with E-state index in [1.807, 2.05) is 0 Å². The van der Waals surface area contributed by atoms with E-state index in [1.165, 1.54) is 11.3 Å². The van der Waals surface area contributed by atoms with Crippen LogP contribution in [0.5, 0.6) is 0 Å². The number of likely N-dealkylation sites (tertiary alicyclic amines) is 1. The van der Waals surface area contributed by atoms with Crippen LogP contribution < -0.4 is 4.72 Å². The lowest BCUT2D eigenvalue weighted by molar-refractivity contribution is 0.265. The van der Waals surface area contributed by atoms with Crippen LogP contribution in [-0.2, 0) is 16.6 Å². The largest absolute Gasteiger partial charge is 0.391 e. The highest BCUT2D eigenvalue weighted by molar-refractivity contribution is 7.89. The van der Waals surface area contributed by atoms with E-state index in [-0.39, 0.29) is 11.5 Å². The van der Waals surface area contributed by atoms with Crippen molar-refractivity contribution in [1.29, 1.82) is 0 Å². The summed E-state index contributed by atoms with van der Waals surface area (Å²) in [5.74, 6) is 0.364. The third-order valence-corrected chi connectivity index (χ3v) is 6.29. The molecule has 1 saturated heterocycles. The lowest BCUT2D eigenvalue weighted by Crippen LogP contribution is -2.33. The number of rotatable bonds is 6. The van der Waals surface area contributed by atoms with Crippen LogP contribution >= 0.6 is 11.3 Å². The fraction of sp³-hybridized carbons (Fsp3) is 0.692. The highest BCUT2D eigenvalue weighted by Crippen LogP contribution is 2.23. The van der Waals surface area contributed by atoms with Crippen molar-refractivity contribution in [2.75, 3.05) is 19.6 Å². The van der Waals surface area contributed by atoms with Gasteiger partial charge in [-0.15, -0.1) is 11.3 Å². The van der Waals surface area contributed by atoms with Gasteiger partial charge in [-0.2, -0.15) is 0 Å². The summed E-state index contributed by atoms with van der Waals surface area (Å²) >= 11 is 1.26. The van der Waals surface area contributed by atoms with E-state index in [4.69, 9.17) is 5.11 Å². The van der Waals surface area contributed by atoms with Gasteiger partial charge in [0.2, 0.25) is 10.0 Å². The number of hydrogen-bond donors (Lipinski definition) is 2.